The molecule has 3 rings (SSSR count). The Morgan fingerprint density at radius 3 is 2.74 bits per heavy atom. The summed E-state index contributed by atoms with van der Waals surface area (Å²) in [6.07, 6.45) is 8.77. The summed E-state index contributed by atoms with van der Waals surface area (Å²) in [7, 11) is 2.02. The van der Waals surface area contributed by atoms with Gasteiger partial charge in [-0.1, -0.05) is 12.8 Å². The summed E-state index contributed by atoms with van der Waals surface area (Å²) >= 11 is 1.98. The van der Waals surface area contributed by atoms with Gasteiger partial charge in [-0.2, -0.15) is 0 Å². The fourth-order valence-corrected chi connectivity index (χ4v) is 4.96. The molecule has 1 aliphatic heterocycles. The van der Waals surface area contributed by atoms with Crippen LogP contribution >= 0.6 is 11.3 Å². The molecule has 1 N–H and O–H groups in total. The molecule has 2 aliphatic rings. The third-order valence-electron chi connectivity index (χ3n) is 4.79. The first kappa shape index (κ1) is 13.6. The summed E-state index contributed by atoms with van der Waals surface area (Å²) in [6, 6.07) is 5.51. The van der Waals surface area contributed by atoms with Crippen LogP contribution in [0.25, 0.3) is 0 Å². The van der Waals surface area contributed by atoms with E-state index in [0.29, 0.717) is 0 Å². The van der Waals surface area contributed by atoms with Gasteiger partial charge in [-0.25, -0.2) is 0 Å². The van der Waals surface area contributed by atoms with Crippen molar-refractivity contribution in [2.24, 2.45) is 5.92 Å². The van der Waals surface area contributed by atoms with Gasteiger partial charge in [-0.05, 0) is 57.3 Å². The topological polar surface area (TPSA) is 15.3 Å². The highest BCUT2D eigenvalue weighted by Gasteiger charge is 2.33. The molecule has 1 saturated carbocycles. The standard InChI is InChI=1S/C16H26N2S/c1-17-11-14-8-9-15(19-14)12-18-10-4-7-16(18)13-5-2-3-6-13/h8-9,13,16-17H,2-7,10-12H2,1H3. The van der Waals surface area contributed by atoms with Crippen LogP contribution in [0.2, 0.25) is 0 Å². The quantitative estimate of drug-likeness (QED) is 0.885. The Morgan fingerprint density at radius 2 is 1.95 bits per heavy atom. The van der Waals surface area contributed by atoms with Crippen LogP contribution in [0.4, 0.5) is 0 Å². The minimum Gasteiger partial charge on any atom is -0.315 e. The van der Waals surface area contributed by atoms with Gasteiger partial charge in [-0.3, -0.25) is 4.90 Å². The molecule has 1 unspecified atom stereocenters. The molecule has 1 aromatic heterocycles. The van der Waals surface area contributed by atoms with E-state index in [1.165, 1.54) is 56.5 Å². The average Bonchev–Trinajstić information content (AvgIpc) is 3.11. The van der Waals surface area contributed by atoms with Gasteiger partial charge in [0.1, 0.15) is 0 Å². The fourth-order valence-electron chi connectivity index (χ4n) is 3.90. The molecule has 0 bridgehead atoms. The minimum absolute atomic E-state index is 0.886. The van der Waals surface area contributed by atoms with E-state index < -0.39 is 0 Å². The summed E-state index contributed by atoms with van der Waals surface area (Å²) in [5.74, 6) is 0.999. The van der Waals surface area contributed by atoms with Crippen LogP contribution in [0, 0.1) is 5.92 Å². The third kappa shape index (κ3) is 3.21. The molecule has 1 saturated heterocycles. The molecule has 1 atom stereocenters. The molecule has 19 heavy (non-hydrogen) atoms. The molecule has 0 spiro atoms. The number of nitrogens with one attached hydrogen (secondary N) is 1. The van der Waals surface area contributed by atoms with Crippen molar-refractivity contribution in [2.45, 2.75) is 57.7 Å². The zero-order valence-corrected chi connectivity index (χ0v) is 12.8. The van der Waals surface area contributed by atoms with Crippen LogP contribution in [0.15, 0.2) is 12.1 Å². The molecule has 2 fully saturated rings. The Morgan fingerprint density at radius 1 is 1.16 bits per heavy atom. The summed E-state index contributed by atoms with van der Waals surface area (Å²) in [5.41, 5.74) is 0. The minimum atomic E-state index is 0.886. The second-order valence-electron chi connectivity index (χ2n) is 6.12. The summed E-state index contributed by atoms with van der Waals surface area (Å²) in [4.78, 5) is 5.79. The van der Waals surface area contributed by atoms with E-state index in [9.17, 15) is 0 Å². The van der Waals surface area contributed by atoms with Gasteiger partial charge < -0.3 is 5.32 Å². The lowest BCUT2D eigenvalue weighted by Gasteiger charge is -2.28. The van der Waals surface area contributed by atoms with Crippen LogP contribution in [-0.2, 0) is 13.1 Å². The maximum atomic E-state index is 3.24. The van der Waals surface area contributed by atoms with Gasteiger partial charge in [0.15, 0.2) is 0 Å². The average molecular weight is 278 g/mol. The Bertz CT molecular complexity index is 395. The number of likely N-dealkylation sites (tertiary alicyclic amines) is 1. The van der Waals surface area contributed by atoms with Crippen molar-refractivity contribution in [1.82, 2.24) is 10.2 Å². The summed E-state index contributed by atoms with van der Waals surface area (Å²) in [6.45, 7) is 3.52. The smallest absolute Gasteiger partial charge is 0.0331 e. The van der Waals surface area contributed by atoms with Crippen LogP contribution in [0.5, 0.6) is 0 Å². The highest BCUT2D eigenvalue weighted by molar-refractivity contribution is 7.11. The SMILES string of the molecule is CNCc1ccc(CN2CCCC2C2CCCC2)s1. The van der Waals surface area contributed by atoms with E-state index >= 15 is 0 Å². The normalized spacial score (nSPS) is 25.4. The Balaban J connectivity index is 1.60. The summed E-state index contributed by atoms with van der Waals surface area (Å²) < 4.78 is 0. The van der Waals surface area contributed by atoms with Crippen molar-refractivity contribution < 1.29 is 0 Å². The van der Waals surface area contributed by atoms with Crippen LogP contribution in [0.3, 0.4) is 0 Å². The summed E-state index contributed by atoms with van der Waals surface area (Å²) in [5, 5.41) is 3.24. The lowest BCUT2D eigenvalue weighted by Crippen LogP contribution is -2.33. The molecule has 1 aliphatic carbocycles. The first-order chi connectivity index (χ1) is 9.36. The molecule has 1 aromatic rings. The van der Waals surface area contributed by atoms with Crippen LogP contribution in [-0.4, -0.2) is 24.5 Å². The van der Waals surface area contributed by atoms with Crippen molar-refractivity contribution in [1.29, 1.82) is 0 Å². The van der Waals surface area contributed by atoms with Crippen LogP contribution in [0.1, 0.15) is 48.3 Å². The van der Waals surface area contributed by atoms with E-state index in [-0.39, 0.29) is 0 Å². The van der Waals surface area contributed by atoms with E-state index in [4.69, 9.17) is 0 Å². The number of rotatable bonds is 5. The maximum absolute atomic E-state index is 3.24. The predicted octanol–water partition coefficient (Wildman–Crippen LogP) is 3.62. The number of hydrogen-bond donors (Lipinski definition) is 1. The molecule has 0 amide bonds. The number of thiophene rings is 1. The Hall–Kier alpha value is -0.380. The lowest BCUT2D eigenvalue weighted by atomic mass is 9.96. The third-order valence-corrected chi connectivity index (χ3v) is 5.86. The Kier molecular flexibility index (Phi) is 4.57. The zero-order chi connectivity index (χ0) is 13.1. The molecule has 0 radical (unpaired) electrons. The van der Waals surface area contributed by atoms with Crippen molar-refractivity contribution in [3.05, 3.63) is 21.9 Å². The molecule has 2 heterocycles. The van der Waals surface area contributed by atoms with Crippen LogP contribution < -0.4 is 5.32 Å². The fraction of sp³-hybridized carbons (Fsp3) is 0.750. The van der Waals surface area contributed by atoms with Gasteiger partial charge >= 0.3 is 0 Å². The van der Waals surface area contributed by atoms with Crippen molar-refractivity contribution in [3.8, 4) is 0 Å². The molecular formula is C16H26N2S. The van der Waals surface area contributed by atoms with Gasteiger partial charge in [0.25, 0.3) is 0 Å². The Labute approximate surface area is 121 Å². The molecule has 106 valence electrons. The highest BCUT2D eigenvalue weighted by Crippen LogP contribution is 2.36. The highest BCUT2D eigenvalue weighted by atomic mass is 32.1. The molecule has 2 nitrogen and oxygen atoms in total. The second-order valence-corrected chi connectivity index (χ2v) is 7.38. The predicted molar refractivity (Wildman–Crippen MR) is 82.5 cm³/mol. The van der Waals surface area contributed by atoms with Gasteiger partial charge in [0.05, 0.1) is 0 Å². The van der Waals surface area contributed by atoms with Crippen molar-refractivity contribution in [2.75, 3.05) is 13.6 Å². The van der Waals surface area contributed by atoms with Crippen molar-refractivity contribution >= 4 is 11.3 Å². The van der Waals surface area contributed by atoms with E-state index in [2.05, 4.69) is 22.3 Å². The monoisotopic (exact) mass is 278 g/mol. The van der Waals surface area contributed by atoms with Crippen molar-refractivity contribution in [3.63, 3.8) is 0 Å². The largest absolute Gasteiger partial charge is 0.315 e. The van der Waals surface area contributed by atoms with E-state index in [1.807, 2.05) is 18.4 Å². The molecular weight excluding hydrogens is 252 g/mol. The van der Waals surface area contributed by atoms with Gasteiger partial charge in [-0.15, -0.1) is 11.3 Å². The van der Waals surface area contributed by atoms with E-state index in [1.54, 1.807) is 4.88 Å². The maximum Gasteiger partial charge on any atom is 0.0331 e. The van der Waals surface area contributed by atoms with Gasteiger partial charge in [0.2, 0.25) is 0 Å². The molecule has 3 heteroatoms. The van der Waals surface area contributed by atoms with E-state index in [0.717, 1.165) is 18.5 Å². The zero-order valence-electron chi connectivity index (χ0n) is 12.0. The first-order valence-corrected chi connectivity index (χ1v) is 8.64. The number of nitrogens with zero attached hydrogens (tertiary/aromatic N) is 1. The van der Waals surface area contributed by atoms with Gasteiger partial charge in [0, 0.05) is 28.9 Å². The lowest BCUT2D eigenvalue weighted by molar-refractivity contribution is 0.184. The number of hydrogen-bond acceptors (Lipinski definition) is 3. The first-order valence-electron chi connectivity index (χ1n) is 7.83. The molecule has 0 aromatic carbocycles. The second kappa shape index (κ2) is 6.38.